The number of carboxylic acid groups (broad SMARTS) is 1. The van der Waals surface area contributed by atoms with Crippen molar-refractivity contribution in [1.82, 2.24) is 14.7 Å². The first-order valence-corrected chi connectivity index (χ1v) is 6.06. The summed E-state index contributed by atoms with van der Waals surface area (Å²) in [5.41, 5.74) is 0. The number of hydrogen-bond acceptors (Lipinski definition) is 3. The summed E-state index contributed by atoms with van der Waals surface area (Å²) in [4.78, 5) is 28.7. The first kappa shape index (κ1) is 12.2. The molecule has 2 fully saturated rings. The third-order valence-electron chi connectivity index (χ3n) is 3.56. The van der Waals surface area contributed by atoms with Gasteiger partial charge in [0.2, 0.25) is 0 Å². The summed E-state index contributed by atoms with van der Waals surface area (Å²) in [6.07, 6.45) is 1.37. The van der Waals surface area contributed by atoms with Gasteiger partial charge in [0.25, 0.3) is 0 Å². The molecular formula is C11H19N3O3. The van der Waals surface area contributed by atoms with Gasteiger partial charge in [0, 0.05) is 32.7 Å². The molecule has 0 aromatic rings. The largest absolute Gasteiger partial charge is 0.480 e. The van der Waals surface area contributed by atoms with Crippen LogP contribution < -0.4 is 0 Å². The number of likely N-dealkylation sites (N-methyl/N-ethyl adjacent to an activating group) is 1. The van der Waals surface area contributed by atoms with Crippen molar-refractivity contribution in [3.8, 4) is 0 Å². The van der Waals surface area contributed by atoms with Crippen molar-refractivity contribution in [2.24, 2.45) is 0 Å². The molecule has 0 aromatic heterocycles. The van der Waals surface area contributed by atoms with E-state index in [-0.39, 0.29) is 6.03 Å². The van der Waals surface area contributed by atoms with Gasteiger partial charge < -0.3 is 19.8 Å². The van der Waals surface area contributed by atoms with E-state index in [1.54, 1.807) is 4.90 Å². The van der Waals surface area contributed by atoms with Gasteiger partial charge >= 0.3 is 12.0 Å². The molecule has 2 aliphatic heterocycles. The molecule has 0 radical (unpaired) electrons. The summed E-state index contributed by atoms with van der Waals surface area (Å²) in [5, 5.41) is 9.05. The van der Waals surface area contributed by atoms with Crippen LogP contribution in [0.15, 0.2) is 0 Å². The molecule has 2 aliphatic rings. The summed E-state index contributed by atoms with van der Waals surface area (Å²) in [7, 11) is 2.03. The Morgan fingerprint density at radius 2 is 1.76 bits per heavy atom. The van der Waals surface area contributed by atoms with Crippen LogP contribution in [-0.2, 0) is 4.79 Å². The molecule has 0 aliphatic carbocycles. The second kappa shape index (κ2) is 4.91. The Balaban J connectivity index is 1.97. The number of piperazine rings is 1. The minimum atomic E-state index is -0.884. The van der Waals surface area contributed by atoms with Gasteiger partial charge in [0.05, 0.1) is 0 Å². The van der Waals surface area contributed by atoms with E-state index in [9.17, 15) is 9.59 Å². The average Bonchev–Trinajstić information content (AvgIpc) is 2.78. The number of hydrogen-bond donors (Lipinski definition) is 1. The predicted octanol–water partition coefficient (Wildman–Crippen LogP) is -0.0972. The average molecular weight is 241 g/mol. The molecule has 17 heavy (non-hydrogen) atoms. The zero-order valence-electron chi connectivity index (χ0n) is 10.1. The first-order chi connectivity index (χ1) is 8.09. The smallest absolute Gasteiger partial charge is 0.326 e. The minimum Gasteiger partial charge on any atom is -0.480 e. The summed E-state index contributed by atoms with van der Waals surface area (Å²) in [5.74, 6) is -0.884. The quantitative estimate of drug-likeness (QED) is 0.696. The van der Waals surface area contributed by atoms with Crippen LogP contribution in [0.1, 0.15) is 12.8 Å². The monoisotopic (exact) mass is 241 g/mol. The zero-order chi connectivity index (χ0) is 12.4. The van der Waals surface area contributed by atoms with Gasteiger partial charge in [-0.1, -0.05) is 0 Å². The van der Waals surface area contributed by atoms with Crippen molar-refractivity contribution in [3.05, 3.63) is 0 Å². The van der Waals surface area contributed by atoms with Crippen LogP contribution in [0.4, 0.5) is 4.79 Å². The molecule has 96 valence electrons. The van der Waals surface area contributed by atoms with Crippen molar-refractivity contribution < 1.29 is 14.7 Å². The normalized spacial score (nSPS) is 26.3. The van der Waals surface area contributed by atoms with Crippen LogP contribution in [0, 0.1) is 0 Å². The molecule has 1 N–H and O–H groups in total. The SMILES string of the molecule is CN1CCN(C(=O)N2CCC[C@H]2C(=O)O)CC1. The topological polar surface area (TPSA) is 64.1 Å². The summed E-state index contributed by atoms with van der Waals surface area (Å²) < 4.78 is 0. The van der Waals surface area contributed by atoms with Crippen LogP contribution in [0.25, 0.3) is 0 Å². The third kappa shape index (κ3) is 2.52. The van der Waals surface area contributed by atoms with Gasteiger partial charge in [-0.15, -0.1) is 0 Å². The molecule has 0 aromatic carbocycles. The van der Waals surface area contributed by atoms with Gasteiger partial charge in [-0.3, -0.25) is 0 Å². The lowest BCUT2D eigenvalue weighted by atomic mass is 10.2. The van der Waals surface area contributed by atoms with Crippen molar-refractivity contribution in [3.63, 3.8) is 0 Å². The van der Waals surface area contributed by atoms with Crippen LogP contribution in [0.5, 0.6) is 0 Å². The van der Waals surface area contributed by atoms with E-state index in [0.717, 1.165) is 19.5 Å². The molecule has 1 atom stereocenters. The maximum atomic E-state index is 12.2. The third-order valence-corrected chi connectivity index (χ3v) is 3.56. The molecule has 2 amide bonds. The second-order valence-electron chi connectivity index (χ2n) is 4.76. The number of nitrogens with zero attached hydrogens (tertiary/aromatic N) is 3. The molecule has 0 unspecified atom stereocenters. The van der Waals surface area contributed by atoms with Gasteiger partial charge in [-0.25, -0.2) is 9.59 Å². The molecule has 6 heteroatoms. The van der Waals surface area contributed by atoms with E-state index >= 15 is 0 Å². The van der Waals surface area contributed by atoms with Gasteiger partial charge in [-0.2, -0.15) is 0 Å². The van der Waals surface area contributed by atoms with Crippen LogP contribution >= 0.6 is 0 Å². The zero-order valence-corrected chi connectivity index (χ0v) is 10.1. The highest BCUT2D eigenvalue weighted by atomic mass is 16.4. The minimum absolute atomic E-state index is 0.108. The summed E-state index contributed by atoms with van der Waals surface area (Å²) in [6.45, 7) is 3.67. The molecule has 0 saturated carbocycles. The molecular weight excluding hydrogens is 222 g/mol. The Bertz CT molecular complexity index is 313. The maximum absolute atomic E-state index is 12.2. The Labute approximate surface area is 101 Å². The Morgan fingerprint density at radius 1 is 1.12 bits per heavy atom. The Morgan fingerprint density at radius 3 is 2.35 bits per heavy atom. The van der Waals surface area contributed by atoms with Crippen LogP contribution in [-0.4, -0.2) is 77.6 Å². The van der Waals surface area contributed by atoms with Gasteiger partial charge in [0.15, 0.2) is 0 Å². The van der Waals surface area contributed by atoms with Gasteiger partial charge in [-0.05, 0) is 19.9 Å². The highest BCUT2D eigenvalue weighted by Crippen LogP contribution is 2.19. The fourth-order valence-corrected chi connectivity index (χ4v) is 2.43. The van der Waals surface area contributed by atoms with E-state index < -0.39 is 12.0 Å². The Hall–Kier alpha value is -1.30. The van der Waals surface area contributed by atoms with Crippen LogP contribution in [0.2, 0.25) is 0 Å². The molecule has 0 bridgehead atoms. The molecule has 2 rings (SSSR count). The highest BCUT2D eigenvalue weighted by Gasteiger charge is 2.36. The molecule has 2 heterocycles. The lowest BCUT2D eigenvalue weighted by molar-refractivity contribution is -0.141. The fourth-order valence-electron chi connectivity index (χ4n) is 2.43. The van der Waals surface area contributed by atoms with E-state index in [1.807, 2.05) is 7.05 Å². The van der Waals surface area contributed by atoms with E-state index in [1.165, 1.54) is 4.90 Å². The van der Waals surface area contributed by atoms with Gasteiger partial charge in [0.1, 0.15) is 6.04 Å². The first-order valence-electron chi connectivity index (χ1n) is 6.06. The summed E-state index contributed by atoms with van der Waals surface area (Å²) >= 11 is 0. The molecule has 6 nitrogen and oxygen atoms in total. The van der Waals surface area contributed by atoms with Crippen molar-refractivity contribution in [1.29, 1.82) is 0 Å². The number of aliphatic carboxylic acids is 1. The Kier molecular flexibility index (Phi) is 3.51. The predicted molar refractivity (Wildman–Crippen MR) is 61.8 cm³/mol. The van der Waals surface area contributed by atoms with Crippen molar-refractivity contribution in [2.75, 3.05) is 39.8 Å². The second-order valence-corrected chi connectivity index (χ2v) is 4.76. The number of rotatable bonds is 1. The number of likely N-dealkylation sites (tertiary alicyclic amines) is 1. The summed E-state index contributed by atoms with van der Waals surface area (Å²) in [6, 6.07) is -0.731. The number of carbonyl (C=O) groups excluding carboxylic acids is 1. The maximum Gasteiger partial charge on any atom is 0.326 e. The number of amides is 2. The lowest BCUT2D eigenvalue weighted by Crippen LogP contribution is -2.54. The van der Waals surface area contributed by atoms with E-state index in [4.69, 9.17) is 5.11 Å². The van der Waals surface area contributed by atoms with E-state index in [0.29, 0.717) is 26.1 Å². The highest BCUT2D eigenvalue weighted by molar-refractivity contribution is 5.83. The van der Waals surface area contributed by atoms with E-state index in [2.05, 4.69) is 4.90 Å². The number of carboxylic acids is 1. The number of urea groups is 1. The molecule has 0 spiro atoms. The lowest BCUT2D eigenvalue weighted by Gasteiger charge is -2.36. The number of carbonyl (C=O) groups is 2. The van der Waals surface area contributed by atoms with Crippen molar-refractivity contribution in [2.45, 2.75) is 18.9 Å². The van der Waals surface area contributed by atoms with Crippen LogP contribution in [0.3, 0.4) is 0 Å². The standard InChI is InChI=1S/C11H19N3O3/c1-12-5-7-13(8-6-12)11(17)14-4-2-3-9(14)10(15)16/h9H,2-8H2,1H3,(H,15,16)/t9-/m0/s1. The van der Waals surface area contributed by atoms with Crippen molar-refractivity contribution >= 4 is 12.0 Å². The molecule has 2 saturated heterocycles. The fraction of sp³-hybridized carbons (Fsp3) is 0.818.